The highest BCUT2D eigenvalue weighted by atomic mass is 19.4. The van der Waals surface area contributed by atoms with Crippen LogP contribution in [0.3, 0.4) is 0 Å². The van der Waals surface area contributed by atoms with Gasteiger partial charge in [0.25, 0.3) is 5.82 Å². The summed E-state index contributed by atoms with van der Waals surface area (Å²) in [5.41, 5.74) is 0. The standard InChI is InChI=1S/C6H2F4N6O/c7-4-13-3(6(8,9)10)14-16(4)5(17)15-2-11-1-12-15/h1-2H. The number of carbonyl (C=O) groups is 1. The first-order valence-corrected chi connectivity index (χ1v) is 3.98. The Hall–Kier alpha value is -2.33. The fourth-order valence-corrected chi connectivity index (χ4v) is 0.939. The smallest absolute Gasteiger partial charge is 0.243 e. The Morgan fingerprint density at radius 1 is 1.35 bits per heavy atom. The van der Waals surface area contributed by atoms with Crippen LogP contribution in [-0.2, 0) is 6.18 Å². The van der Waals surface area contributed by atoms with Crippen molar-refractivity contribution in [3.8, 4) is 0 Å². The quantitative estimate of drug-likeness (QED) is 0.638. The number of rotatable bonds is 0. The molecule has 0 aromatic carbocycles. The van der Waals surface area contributed by atoms with Crippen molar-refractivity contribution >= 4 is 6.03 Å². The Morgan fingerprint density at radius 2 is 2.06 bits per heavy atom. The molecule has 0 atom stereocenters. The number of alkyl halides is 3. The Balaban J connectivity index is 2.41. The molecule has 17 heavy (non-hydrogen) atoms. The molecule has 0 radical (unpaired) electrons. The molecule has 2 rings (SSSR count). The highest BCUT2D eigenvalue weighted by molar-refractivity contribution is 5.76. The van der Waals surface area contributed by atoms with Crippen molar-refractivity contribution in [2.75, 3.05) is 0 Å². The van der Waals surface area contributed by atoms with E-state index in [-0.39, 0.29) is 4.68 Å². The predicted molar refractivity (Wildman–Crippen MR) is 41.2 cm³/mol. The third-order valence-electron chi connectivity index (χ3n) is 1.62. The number of hydrogen-bond acceptors (Lipinski definition) is 5. The van der Waals surface area contributed by atoms with Crippen molar-refractivity contribution < 1.29 is 22.4 Å². The van der Waals surface area contributed by atoms with Crippen LogP contribution in [-0.4, -0.2) is 35.6 Å². The van der Waals surface area contributed by atoms with Crippen molar-refractivity contribution in [2.24, 2.45) is 0 Å². The van der Waals surface area contributed by atoms with Gasteiger partial charge in [0, 0.05) is 0 Å². The molecule has 0 aliphatic carbocycles. The Morgan fingerprint density at radius 3 is 2.53 bits per heavy atom. The first kappa shape index (κ1) is 11.2. The summed E-state index contributed by atoms with van der Waals surface area (Å²) in [7, 11) is 0. The highest BCUT2D eigenvalue weighted by Gasteiger charge is 2.38. The van der Waals surface area contributed by atoms with Crippen molar-refractivity contribution in [1.29, 1.82) is 0 Å². The number of hydrogen-bond donors (Lipinski definition) is 0. The molecule has 0 aliphatic heterocycles. The zero-order valence-electron chi connectivity index (χ0n) is 7.76. The Labute approximate surface area is 89.7 Å². The fraction of sp³-hybridized carbons (Fsp3) is 0.167. The SMILES string of the molecule is O=C(n1cncn1)n1nc(C(F)(F)F)nc1F. The minimum Gasteiger partial charge on any atom is -0.243 e. The zero-order chi connectivity index (χ0) is 12.6. The van der Waals surface area contributed by atoms with Crippen LogP contribution >= 0.6 is 0 Å². The van der Waals surface area contributed by atoms with Crippen molar-refractivity contribution in [3.63, 3.8) is 0 Å². The molecule has 11 heteroatoms. The molecule has 2 aromatic heterocycles. The molecule has 0 unspecified atom stereocenters. The molecule has 0 N–H and O–H groups in total. The molecule has 0 spiro atoms. The summed E-state index contributed by atoms with van der Waals surface area (Å²) in [5.74, 6) is -1.75. The lowest BCUT2D eigenvalue weighted by molar-refractivity contribution is -0.145. The lowest BCUT2D eigenvalue weighted by Gasteiger charge is -1.99. The zero-order valence-corrected chi connectivity index (χ0v) is 7.76. The second kappa shape index (κ2) is 3.61. The summed E-state index contributed by atoms with van der Waals surface area (Å²) in [4.78, 5) is 17.3. The first-order valence-electron chi connectivity index (χ1n) is 3.98. The molecule has 90 valence electrons. The molecule has 7 nitrogen and oxygen atoms in total. The number of nitrogens with zero attached hydrogens (tertiary/aromatic N) is 6. The van der Waals surface area contributed by atoms with Gasteiger partial charge in [0.15, 0.2) is 0 Å². The van der Waals surface area contributed by atoms with E-state index in [2.05, 4.69) is 20.2 Å². The van der Waals surface area contributed by atoms with Crippen LogP contribution in [0, 0.1) is 6.08 Å². The minimum absolute atomic E-state index is 0.155. The number of halogens is 4. The lowest BCUT2D eigenvalue weighted by Crippen LogP contribution is -2.23. The van der Waals surface area contributed by atoms with Gasteiger partial charge in [-0.25, -0.2) is 9.78 Å². The molecule has 0 bridgehead atoms. The van der Waals surface area contributed by atoms with E-state index >= 15 is 0 Å². The van der Waals surface area contributed by atoms with E-state index in [4.69, 9.17) is 0 Å². The lowest BCUT2D eigenvalue weighted by atomic mass is 10.6. The summed E-state index contributed by atoms with van der Waals surface area (Å²) in [5, 5.41) is 6.03. The van der Waals surface area contributed by atoms with Gasteiger partial charge in [-0.15, -0.1) is 9.78 Å². The fourth-order valence-electron chi connectivity index (χ4n) is 0.939. The van der Waals surface area contributed by atoms with Crippen LogP contribution in [0.1, 0.15) is 5.82 Å². The number of carbonyl (C=O) groups excluding carboxylic acids is 1. The summed E-state index contributed by atoms with van der Waals surface area (Å²) in [6.07, 6.45) is -4.78. The average Bonchev–Trinajstić information content (AvgIpc) is 2.83. The van der Waals surface area contributed by atoms with E-state index in [1.54, 1.807) is 0 Å². The van der Waals surface area contributed by atoms with Crippen LogP contribution in [0.15, 0.2) is 12.7 Å². The van der Waals surface area contributed by atoms with E-state index in [1.807, 2.05) is 0 Å². The van der Waals surface area contributed by atoms with Gasteiger partial charge < -0.3 is 0 Å². The third-order valence-corrected chi connectivity index (χ3v) is 1.62. The van der Waals surface area contributed by atoms with Crippen LogP contribution in [0.2, 0.25) is 0 Å². The molecule has 0 saturated heterocycles. The summed E-state index contributed by atoms with van der Waals surface area (Å²) < 4.78 is 49.8. The van der Waals surface area contributed by atoms with E-state index in [1.165, 1.54) is 0 Å². The van der Waals surface area contributed by atoms with Gasteiger partial charge in [-0.1, -0.05) is 0 Å². The van der Waals surface area contributed by atoms with Gasteiger partial charge in [0.05, 0.1) is 0 Å². The van der Waals surface area contributed by atoms with Gasteiger partial charge in [-0.2, -0.15) is 32.3 Å². The Bertz CT molecular complexity index is 543. The molecule has 2 heterocycles. The topological polar surface area (TPSA) is 78.5 Å². The maximum atomic E-state index is 13.0. The first-order chi connectivity index (χ1) is 7.89. The van der Waals surface area contributed by atoms with Gasteiger partial charge in [0.1, 0.15) is 12.7 Å². The van der Waals surface area contributed by atoms with Gasteiger partial charge >= 0.3 is 18.3 Å². The van der Waals surface area contributed by atoms with E-state index in [0.29, 0.717) is 4.68 Å². The molecule has 0 aliphatic rings. The summed E-state index contributed by atoms with van der Waals surface area (Å²) in [6.45, 7) is 0. The van der Waals surface area contributed by atoms with Crippen molar-refractivity contribution in [3.05, 3.63) is 24.6 Å². The monoisotopic (exact) mass is 250 g/mol. The Kier molecular flexibility index (Phi) is 2.37. The third kappa shape index (κ3) is 1.98. The molecular weight excluding hydrogens is 248 g/mol. The number of aromatic nitrogens is 6. The summed E-state index contributed by atoms with van der Waals surface area (Å²) >= 11 is 0. The van der Waals surface area contributed by atoms with Crippen LogP contribution < -0.4 is 0 Å². The molecule has 0 amide bonds. The van der Waals surface area contributed by atoms with Crippen LogP contribution in [0.5, 0.6) is 0 Å². The maximum absolute atomic E-state index is 13.0. The molecule has 2 aromatic rings. The van der Waals surface area contributed by atoms with Crippen LogP contribution in [0.4, 0.5) is 22.4 Å². The van der Waals surface area contributed by atoms with E-state index in [9.17, 15) is 22.4 Å². The van der Waals surface area contributed by atoms with Crippen molar-refractivity contribution in [2.45, 2.75) is 6.18 Å². The predicted octanol–water partition coefficient (Wildman–Crippen LogP) is 0.544. The van der Waals surface area contributed by atoms with Crippen LogP contribution in [0.25, 0.3) is 0 Å². The maximum Gasteiger partial charge on any atom is 0.453 e. The van der Waals surface area contributed by atoms with Gasteiger partial charge in [0.2, 0.25) is 0 Å². The van der Waals surface area contributed by atoms with Gasteiger partial charge in [-0.05, 0) is 0 Å². The highest BCUT2D eigenvalue weighted by Crippen LogP contribution is 2.25. The summed E-state index contributed by atoms with van der Waals surface area (Å²) in [6, 6.07) is -1.26. The van der Waals surface area contributed by atoms with Gasteiger partial charge in [-0.3, -0.25) is 0 Å². The van der Waals surface area contributed by atoms with E-state index in [0.717, 1.165) is 12.7 Å². The van der Waals surface area contributed by atoms with Crippen molar-refractivity contribution in [1.82, 2.24) is 29.5 Å². The normalized spacial score (nSPS) is 11.8. The second-order valence-electron chi connectivity index (χ2n) is 2.74. The average molecular weight is 250 g/mol. The molecule has 0 saturated carbocycles. The second-order valence-corrected chi connectivity index (χ2v) is 2.74. The minimum atomic E-state index is -4.94. The molecular formula is C6H2F4N6O. The van der Waals surface area contributed by atoms with E-state index < -0.39 is 24.1 Å². The molecule has 0 fully saturated rings. The largest absolute Gasteiger partial charge is 0.453 e.